The van der Waals surface area contributed by atoms with Crippen molar-refractivity contribution in [3.05, 3.63) is 52.7 Å². The quantitative estimate of drug-likeness (QED) is 0.482. The summed E-state index contributed by atoms with van der Waals surface area (Å²) in [7, 11) is 0. The molecule has 2 aromatic rings. The smallest absolute Gasteiger partial charge is 0.386 e. The van der Waals surface area contributed by atoms with Gasteiger partial charge in [-0.2, -0.15) is 0 Å². The van der Waals surface area contributed by atoms with Gasteiger partial charge in [-0.25, -0.2) is 4.79 Å². The molecule has 0 aromatic heterocycles. The first-order valence-electron chi connectivity index (χ1n) is 6.04. The molecule has 4 nitrogen and oxygen atoms in total. The summed E-state index contributed by atoms with van der Waals surface area (Å²) >= 11 is 0.715. The monoisotopic (exact) mass is 288 g/mol. The van der Waals surface area contributed by atoms with Crippen LogP contribution in [0.1, 0.15) is 6.92 Å². The number of esters is 1. The molecule has 0 unspecified atom stereocenters. The number of ether oxygens (including phenoxy) is 1. The van der Waals surface area contributed by atoms with Crippen LogP contribution in [0.3, 0.4) is 0 Å². The lowest BCUT2D eigenvalue weighted by molar-refractivity contribution is -0.149. The van der Waals surface area contributed by atoms with E-state index in [1.54, 1.807) is 19.1 Å². The summed E-state index contributed by atoms with van der Waals surface area (Å²) in [6, 6.07) is 11.8. The van der Waals surface area contributed by atoms with E-state index in [0.29, 0.717) is 16.7 Å². The summed E-state index contributed by atoms with van der Waals surface area (Å²) in [4.78, 5) is 35.2. The Morgan fingerprint density at radius 1 is 1.15 bits per heavy atom. The van der Waals surface area contributed by atoms with Gasteiger partial charge in [-0.3, -0.25) is 9.59 Å². The molecule has 20 heavy (non-hydrogen) atoms. The molecule has 102 valence electrons. The summed E-state index contributed by atoms with van der Waals surface area (Å²) in [5, 5.41) is 0.841. The molecular formula is C15H12O4S. The molecule has 0 saturated heterocycles. The van der Waals surface area contributed by atoms with E-state index < -0.39 is 11.1 Å². The zero-order chi connectivity index (χ0) is 14.5. The zero-order valence-electron chi connectivity index (χ0n) is 10.8. The number of hydrogen-bond donors (Lipinski definition) is 0. The maximum absolute atomic E-state index is 11.7. The molecule has 0 heterocycles. The maximum Gasteiger partial charge on any atom is 0.386 e. The van der Waals surface area contributed by atoms with E-state index in [4.69, 9.17) is 0 Å². The Morgan fingerprint density at radius 2 is 1.90 bits per heavy atom. The van der Waals surface area contributed by atoms with Crippen LogP contribution in [0.5, 0.6) is 0 Å². The second-order valence-electron chi connectivity index (χ2n) is 3.94. The van der Waals surface area contributed by atoms with E-state index >= 15 is 0 Å². The molecule has 2 rings (SSSR count). The zero-order valence-corrected chi connectivity index (χ0v) is 11.6. The van der Waals surface area contributed by atoms with Crippen LogP contribution in [0, 0.1) is 0 Å². The van der Waals surface area contributed by atoms with Gasteiger partial charge in [0.05, 0.1) is 6.61 Å². The van der Waals surface area contributed by atoms with Crippen LogP contribution < -0.4 is 5.43 Å². The molecule has 0 radical (unpaired) electrons. The van der Waals surface area contributed by atoms with Gasteiger partial charge in [0.2, 0.25) is 0 Å². The minimum Gasteiger partial charge on any atom is -0.460 e. The molecule has 0 saturated carbocycles. The van der Waals surface area contributed by atoms with Crippen LogP contribution in [-0.4, -0.2) is 17.7 Å². The van der Waals surface area contributed by atoms with Crippen LogP contribution in [0.25, 0.3) is 10.8 Å². The van der Waals surface area contributed by atoms with Crippen molar-refractivity contribution in [1.82, 2.24) is 0 Å². The molecule has 0 amide bonds. The van der Waals surface area contributed by atoms with Gasteiger partial charge in [-0.1, -0.05) is 30.3 Å². The van der Waals surface area contributed by atoms with Crippen molar-refractivity contribution in [2.75, 3.05) is 6.61 Å². The van der Waals surface area contributed by atoms with Crippen molar-refractivity contribution in [3.8, 4) is 0 Å². The van der Waals surface area contributed by atoms with Gasteiger partial charge in [0.15, 0.2) is 5.43 Å². The Morgan fingerprint density at radius 3 is 2.65 bits per heavy atom. The molecule has 0 aliphatic rings. The fourth-order valence-corrected chi connectivity index (χ4v) is 2.52. The summed E-state index contributed by atoms with van der Waals surface area (Å²) in [5.74, 6) is -0.902. The van der Waals surface area contributed by atoms with E-state index in [2.05, 4.69) is 4.74 Å². The van der Waals surface area contributed by atoms with Gasteiger partial charge in [0, 0.05) is 11.0 Å². The topological polar surface area (TPSA) is 60.4 Å². The molecule has 0 aliphatic heterocycles. The Labute approximate surface area is 119 Å². The predicted octanol–water partition coefficient (Wildman–Crippen LogP) is 2.38. The van der Waals surface area contributed by atoms with Crippen LogP contribution in [0.4, 0.5) is 0 Å². The van der Waals surface area contributed by atoms with Gasteiger partial charge in [-0.05, 0) is 35.5 Å². The summed E-state index contributed by atoms with van der Waals surface area (Å²) < 4.78 is 4.65. The highest BCUT2D eigenvalue weighted by Crippen LogP contribution is 2.26. The van der Waals surface area contributed by atoms with Crippen LogP contribution in [-0.2, 0) is 14.3 Å². The second kappa shape index (κ2) is 6.34. The number of benzene rings is 1. The second-order valence-corrected chi connectivity index (χ2v) is 4.96. The average Bonchev–Trinajstić information content (AvgIpc) is 2.59. The van der Waals surface area contributed by atoms with Crippen molar-refractivity contribution in [3.63, 3.8) is 0 Å². The van der Waals surface area contributed by atoms with Gasteiger partial charge >= 0.3 is 11.1 Å². The number of rotatable bonds is 2. The van der Waals surface area contributed by atoms with Gasteiger partial charge in [0.25, 0.3) is 0 Å². The third-order valence-corrected chi connectivity index (χ3v) is 3.48. The Kier molecular flexibility index (Phi) is 4.53. The van der Waals surface area contributed by atoms with Crippen LogP contribution in [0.15, 0.2) is 52.2 Å². The van der Waals surface area contributed by atoms with Gasteiger partial charge in [0.1, 0.15) is 0 Å². The fraction of sp³-hybridized carbons (Fsp3) is 0.133. The Balaban J connectivity index is 2.46. The highest BCUT2D eigenvalue weighted by atomic mass is 32.2. The van der Waals surface area contributed by atoms with Crippen molar-refractivity contribution in [1.29, 1.82) is 0 Å². The van der Waals surface area contributed by atoms with E-state index in [-0.39, 0.29) is 12.0 Å². The first-order chi connectivity index (χ1) is 9.61. The number of hydrogen-bond acceptors (Lipinski definition) is 5. The first kappa shape index (κ1) is 14.3. The average molecular weight is 288 g/mol. The van der Waals surface area contributed by atoms with Gasteiger partial charge < -0.3 is 4.74 Å². The molecule has 0 spiro atoms. The van der Waals surface area contributed by atoms with Crippen LogP contribution in [0.2, 0.25) is 0 Å². The summed E-state index contributed by atoms with van der Waals surface area (Å²) in [6.07, 6.45) is 0. The minimum atomic E-state index is -0.902. The molecule has 2 aromatic carbocycles. The molecular weight excluding hydrogens is 276 g/mol. The lowest BCUT2D eigenvalue weighted by Crippen LogP contribution is -2.13. The summed E-state index contributed by atoms with van der Waals surface area (Å²) in [5.41, 5.74) is -0.222. The van der Waals surface area contributed by atoms with Crippen molar-refractivity contribution in [2.45, 2.75) is 11.8 Å². The number of carbonyl (C=O) groups excluding carboxylic acids is 2. The minimum absolute atomic E-state index is 0.140. The normalized spacial score (nSPS) is 10.2. The lowest BCUT2D eigenvalue weighted by Gasteiger charge is -2.02. The van der Waals surface area contributed by atoms with Crippen molar-refractivity contribution in [2.24, 2.45) is 0 Å². The predicted molar refractivity (Wildman–Crippen MR) is 77.7 cm³/mol. The van der Waals surface area contributed by atoms with E-state index in [1.807, 2.05) is 18.2 Å². The standard InChI is InChI=1S/C15H12O4S/c1-2-19-14(17)15(18)20-13-9-11(16)8-7-10-5-3-4-6-12(10)13/h3-9H,2H2,1H3. The molecule has 5 heteroatoms. The third kappa shape index (κ3) is 3.24. The molecule has 0 fully saturated rings. The first-order valence-corrected chi connectivity index (χ1v) is 6.85. The van der Waals surface area contributed by atoms with Crippen molar-refractivity contribution >= 4 is 33.6 Å². The van der Waals surface area contributed by atoms with E-state index in [1.165, 1.54) is 12.1 Å². The van der Waals surface area contributed by atoms with Crippen molar-refractivity contribution < 1.29 is 14.3 Å². The molecule has 0 N–H and O–H groups in total. The fourth-order valence-electron chi connectivity index (χ4n) is 1.71. The lowest BCUT2D eigenvalue weighted by atomic mass is 10.2. The molecule has 0 bridgehead atoms. The number of fused-ring (bicyclic) bond motifs is 1. The third-order valence-electron chi connectivity index (χ3n) is 2.57. The Hall–Kier alpha value is -2.14. The van der Waals surface area contributed by atoms with Crippen LogP contribution >= 0.6 is 11.8 Å². The largest absolute Gasteiger partial charge is 0.460 e. The highest BCUT2D eigenvalue weighted by Gasteiger charge is 2.17. The van der Waals surface area contributed by atoms with Gasteiger partial charge in [-0.15, -0.1) is 0 Å². The van der Waals surface area contributed by atoms with E-state index in [9.17, 15) is 14.4 Å². The van der Waals surface area contributed by atoms with E-state index in [0.717, 1.165) is 10.8 Å². The molecule has 0 atom stereocenters. The SMILES string of the molecule is CCOC(=O)C(=O)Sc1cc(=O)ccc2ccccc12. The maximum atomic E-state index is 11.7. The molecule has 0 aliphatic carbocycles. The Bertz CT molecular complexity index is 724. The highest BCUT2D eigenvalue weighted by molar-refractivity contribution is 8.15. The summed E-state index contributed by atoms with van der Waals surface area (Å²) in [6.45, 7) is 1.77. The number of thioether (sulfide) groups is 1. The number of carbonyl (C=O) groups is 2.